The van der Waals surface area contributed by atoms with Crippen LogP contribution in [0.4, 0.5) is 5.00 Å². The van der Waals surface area contributed by atoms with Crippen LogP contribution in [-0.4, -0.2) is 29.3 Å². The van der Waals surface area contributed by atoms with Crippen molar-refractivity contribution >= 4 is 68.1 Å². The van der Waals surface area contributed by atoms with Crippen LogP contribution in [0.2, 0.25) is 10.0 Å². The van der Waals surface area contributed by atoms with E-state index in [2.05, 4.69) is 10.3 Å². The molecule has 0 bridgehead atoms. The molecule has 2 aromatic heterocycles. The summed E-state index contributed by atoms with van der Waals surface area (Å²) >= 11 is 13.5. The molecule has 178 valence electrons. The van der Waals surface area contributed by atoms with Gasteiger partial charge in [-0.15, -0.1) is 11.3 Å². The van der Waals surface area contributed by atoms with E-state index in [0.717, 1.165) is 11.3 Å². The van der Waals surface area contributed by atoms with Gasteiger partial charge in [0.15, 0.2) is 5.78 Å². The Bertz CT molecular complexity index is 1500. The number of ether oxygens (including phenoxy) is 1. The Hall–Kier alpha value is -3.26. The number of hydrogen-bond donors (Lipinski definition) is 1. The van der Waals surface area contributed by atoms with Gasteiger partial charge in [-0.3, -0.25) is 9.59 Å². The van der Waals surface area contributed by atoms with Gasteiger partial charge in [-0.05, 0) is 56.7 Å². The number of anilines is 1. The highest BCUT2D eigenvalue weighted by Gasteiger charge is 2.26. The van der Waals surface area contributed by atoms with Crippen molar-refractivity contribution in [1.82, 2.24) is 4.98 Å². The minimum absolute atomic E-state index is 0.164. The fourth-order valence-electron chi connectivity index (χ4n) is 3.76. The van der Waals surface area contributed by atoms with Crippen LogP contribution in [0.1, 0.15) is 49.8 Å². The minimum atomic E-state index is -0.600. The number of para-hydroxylation sites is 1. The molecule has 0 fully saturated rings. The molecule has 1 amide bonds. The lowest BCUT2D eigenvalue weighted by molar-refractivity contribution is 0.0527. The van der Waals surface area contributed by atoms with Crippen molar-refractivity contribution in [2.45, 2.75) is 20.8 Å². The smallest absolute Gasteiger partial charge is 0.341 e. The number of ketones is 1. The van der Waals surface area contributed by atoms with Crippen molar-refractivity contribution in [3.05, 3.63) is 80.1 Å². The predicted molar refractivity (Wildman–Crippen MR) is 140 cm³/mol. The van der Waals surface area contributed by atoms with Gasteiger partial charge in [0, 0.05) is 16.0 Å². The van der Waals surface area contributed by atoms with Gasteiger partial charge in [-0.1, -0.05) is 41.4 Å². The maximum Gasteiger partial charge on any atom is 0.341 e. The van der Waals surface area contributed by atoms with E-state index in [1.807, 2.05) is 12.1 Å². The molecule has 4 rings (SSSR count). The largest absolute Gasteiger partial charge is 0.462 e. The number of aromatic nitrogens is 1. The number of rotatable bonds is 6. The molecule has 1 N–H and O–H groups in total. The van der Waals surface area contributed by atoms with Gasteiger partial charge in [0.25, 0.3) is 5.91 Å². The van der Waals surface area contributed by atoms with Gasteiger partial charge in [-0.2, -0.15) is 0 Å². The number of thiophene rings is 1. The fraction of sp³-hybridized carbons (Fsp3) is 0.154. The summed E-state index contributed by atoms with van der Waals surface area (Å²) in [6.07, 6.45) is 0. The Morgan fingerprint density at radius 2 is 1.83 bits per heavy atom. The van der Waals surface area contributed by atoms with Crippen molar-refractivity contribution in [2.75, 3.05) is 11.9 Å². The van der Waals surface area contributed by atoms with Gasteiger partial charge < -0.3 is 10.1 Å². The van der Waals surface area contributed by atoms with Crippen LogP contribution in [0.25, 0.3) is 22.2 Å². The van der Waals surface area contributed by atoms with E-state index in [1.165, 1.54) is 6.92 Å². The molecule has 4 aromatic rings. The van der Waals surface area contributed by atoms with Crippen molar-refractivity contribution < 1.29 is 19.1 Å². The maximum atomic E-state index is 13.6. The van der Waals surface area contributed by atoms with Gasteiger partial charge in [0.1, 0.15) is 5.00 Å². The number of carbonyl (C=O) groups is 3. The lowest BCUT2D eigenvalue weighted by Gasteiger charge is -2.12. The van der Waals surface area contributed by atoms with Crippen molar-refractivity contribution in [3.8, 4) is 11.3 Å². The molecule has 0 unspecified atom stereocenters. The number of esters is 1. The third kappa shape index (κ3) is 4.93. The molecular weight excluding hydrogens is 507 g/mol. The zero-order valence-electron chi connectivity index (χ0n) is 19.1. The summed E-state index contributed by atoms with van der Waals surface area (Å²) in [5.74, 6) is -1.26. The third-order valence-corrected chi connectivity index (χ3v) is 7.20. The zero-order valence-corrected chi connectivity index (χ0v) is 21.4. The lowest BCUT2D eigenvalue weighted by atomic mass is 10.0. The van der Waals surface area contributed by atoms with Crippen LogP contribution in [0.15, 0.2) is 48.5 Å². The number of pyridine rings is 1. The minimum Gasteiger partial charge on any atom is -0.462 e. The number of amides is 1. The second kappa shape index (κ2) is 10.2. The van der Waals surface area contributed by atoms with Crippen LogP contribution in [0.5, 0.6) is 0 Å². The summed E-state index contributed by atoms with van der Waals surface area (Å²) in [4.78, 5) is 43.4. The first kappa shape index (κ1) is 24.9. The van der Waals surface area contributed by atoms with E-state index in [0.29, 0.717) is 48.2 Å². The van der Waals surface area contributed by atoms with Crippen LogP contribution < -0.4 is 5.32 Å². The molecule has 0 saturated heterocycles. The normalized spacial score (nSPS) is 10.9. The standard InChI is InChI=1S/C26H20Cl2N2O4S/c1-4-34-26(33)22-13(2)23(14(3)31)35-25(22)30-24(32)18-12-21(17-10-9-15(27)11-19(17)28)29-20-8-6-5-7-16(18)20/h5-12H,4H2,1-3H3,(H,30,32). The number of nitrogens with one attached hydrogen (secondary N) is 1. The lowest BCUT2D eigenvalue weighted by Crippen LogP contribution is -2.15. The van der Waals surface area contributed by atoms with Crippen LogP contribution in [-0.2, 0) is 4.74 Å². The van der Waals surface area contributed by atoms with E-state index in [4.69, 9.17) is 27.9 Å². The van der Waals surface area contributed by atoms with Gasteiger partial charge in [0.05, 0.1) is 38.8 Å². The van der Waals surface area contributed by atoms with Crippen molar-refractivity contribution in [3.63, 3.8) is 0 Å². The summed E-state index contributed by atoms with van der Waals surface area (Å²) in [6, 6.07) is 13.9. The first-order chi connectivity index (χ1) is 16.7. The molecule has 0 radical (unpaired) electrons. The number of carbonyl (C=O) groups excluding carboxylic acids is 3. The molecule has 0 atom stereocenters. The van der Waals surface area contributed by atoms with E-state index >= 15 is 0 Å². The third-order valence-electron chi connectivity index (χ3n) is 5.34. The van der Waals surface area contributed by atoms with Gasteiger partial charge in [0.2, 0.25) is 0 Å². The monoisotopic (exact) mass is 526 g/mol. The highest BCUT2D eigenvalue weighted by Crippen LogP contribution is 2.36. The Kier molecular flexibility index (Phi) is 7.21. The summed E-state index contributed by atoms with van der Waals surface area (Å²) in [6.45, 7) is 4.93. The Morgan fingerprint density at radius 1 is 1.09 bits per heavy atom. The van der Waals surface area contributed by atoms with Gasteiger partial charge in [-0.25, -0.2) is 9.78 Å². The molecule has 0 saturated carbocycles. The first-order valence-electron chi connectivity index (χ1n) is 10.7. The molecule has 9 heteroatoms. The molecule has 2 aromatic carbocycles. The van der Waals surface area contributed by atoms with E-state index in [1.54, 1.807) is 50.2 Å². The average molecular weight is 527 g/mol. The molecule has 6 nitrogen and oxygen atoms in total. The average Bonchev–Trinajstić information content (AvgIpc) is 3.14. The predicted octanol–water partition coefficient (Wildman–Crippen LogP) is 7.21. The van der Waals surface area contributed by atoms with Crippen molar-refractivity contribution in [2.24, 2.45) is 0 Å². The number of benzene rings is 2. The van der Waals surface area contributed by atoms with E-state index < -0.39 is 11.9 Å². The van der Waals surface area contributed by atoms with Crippen LogP contribution in [0.3, 0.4) is 0 Å². The topological polar surface area (TPSA) is 85.4 Å². The van der Waals surface area contributed by atoms with Crippen LogP contribution in [0, 0.1) is 6.92 Å². The Morgan fingerprint density at radius 3 is 2.51 bits per heavy atom. The first-order valence-corrected chi connectivity index (χ1v) is 12.3. The summed E-state index contributed by atoms with van der Waals surface area (Å²) in [5.41, 5.74) is 2.70. The van der Waals surface area contributed by atoms with Crippen LogP contribution >= 0.6 is 34.5 Å². The number of fused-ring (bicyclic) bond motifs is 1. The summed E-state index contributed by atoms with van der Waals surface area (Å²) < 4.78 is 5.17. The highest BCUT2D eigenvalue weighted by molar-refractivity contribution is 7.18. The SMILES string of the molecule is CCOC(=O)c1c(NC(=O)c2cc(-c3ccc(Cl)cc3Cl)nc3ccccc23)sc(C(C)=O)c1C. The van der Waals surface area contributed by atoms with E-state index in [9.17, 15) is 14.4 Å². The molecular formula is C26H20Cl2N2O4S. The molecule has 35 heavy (non-hydrogen) atoms. The summed E-state index contributed by atoms with van der Waals surface area (Å²) in [5, 5.41) is 4.58. The quantitative estimate of drug-likeness (QED) is 0.212. The maximum absolute atomic E-state index is 13.6. The second-order valence-electron chi connectivity index (χ2n) is 7.69. The number of halogens is 2. The fourth-order valence-corrected chi connectivity index (χ4v) is 5.35. The zero-order chi connectivity index (χ0) is 25.3. The van der Waals surface area contributed by atoms with Gasteiger partial charge >= 0.3 is 5.97 Å². The molecule has 0 aliphatic heterocycles. The number of nitrogens with zero attached hydrogens (tertiary/aromatic N) is 1. The summed E-state index contributed by atoms with van der Waals surface area (Å²) in [7, 11) is 0. The second-order valence-corrected chi connectivity index (χ2v) is 9.55. The Labute approximate surface area is 215 Å². The molecule has 0 aliphatic rings. The Balaban J connectivity index is 1.83. The number of Topliss-reactive ketones (excluding diaryl/α,β-unsaturated/α-hetero) is 1. The molecule has 0 spiro atoms. The molecule has 2 heterocycles. The highest BCUT2D eigenvalue weighted by atomic mass is 35.5. The number of hydrogen-bond acceptors (Lipinski definition) is 6. The van der Waals surface area contributed by atoms with Crippen molar-refractivity contribution in [1.29, 1.82) is 0 Å². The molecule has 0 aliphatic carbocycles. The van der Waals surface area contributed by atoms with E-state index in [-0.39, 0.29) is 23.0 Å².